The third-order valence-electron chi connectivity index (χ3n) is 4.72. The Labute approximate surface area is 234 Å². The van der Waals surface area contributed by atoms with Gasteiger partial charge in [-0.25, -0.2) is 18.5 Å². The zero-order chi connectivity index (χ0) is 31.6. The van der Waals surface area contributed by atoms with Crippen molar-refractivity contribution in [1.29, 1.82) is 0 Å². The summed E-state index contributed by atoms with van der Waals surface area (Å²) in [6, 6.07) is 0. The molecule has 1 aliphatic rings. The van der Waals surface area contributed by atoms with Crippen LogP contribution < -0.4 is 16.6 Å². The highest BCUT2D eigenvalue weighted by Crippen LogP contribution is 2.66. The summed E-state index contributed by atoms with van der Waals surface area (Å²) in [5, 5.41) is 5.61. The number of hydrogen-bond donors (Lipinski definition) is 6. The third kappa shape index (κ3) is 12.3. The van der Waals surface area contributed by atoms with Crippen molar-refractivity contribution in [2.24, 2.45) is 5.11 Å². The Hall–Kier alpha value is -2.69. The van der Waals surface area contributed by atoms with E-state index >= 15 is 0 Å². The van der Waals surface area contributed by atoms with Crippen LogP contribution in [-0.2, 0) is 45.8 Å². The zero-order valence-corrected chi connectivity index (χ0v) is 24.1. The molecule has 1 aliphatic heterocycles. The van der Waals surface area contributed by atoms with Gasteiger partial charge in [-0.3, -0.25) is 23.7 Å². The lowest BCUT2D eigenvalue weighted by atomic mass is 10.2. The van der Waals surface area contributed by atoms with Gasteiger partial charge in [-0.1, -0.05) is 17.0 Å². The van der Waals surface area contributed by atoms with Gasteiger partial charge in [0.1, 0.15) is 31.2 Å². The molecule has 2 heterocycles. The molecule has 1 amide bonds. The van der Waals surface area contributed by atoms with Crippen molar-refractivity contribution in [2.75, 3.05) is 33.1 Å². The molecule has 1 aromatic heterocycles. The molecule has 25 heteroatoms. The van der Waals surface area contributed by atoms with E-state index in [4.69, 9.17) is 29.5 Å². The lowest BCUT2D eigenvalue weighted by Gasteiger charge is -2.20. The van der Waals surface area contributed by atoms with Crippen LogP contribution in [0, 0.1) is 11.8 Å². The van der Waals surface area contributed by atoms with Gasteiger partial charge in [0.05, 0.1) is 19.3 Å². The number of phosphoric acid groups is 3. The molecule has 234 valence electrons. The Bertz CT molecular complexity index is 1490. The van der Waals surface area contributed by atoms with E-state index in [0.29, 0.717) is 6.61 Å². The quantitative estimate of drug-likeness (QED) is 0.0445. The Morgan fingerprint density at radius 1 is 1.26 bits per heavy atom. The Kier molecular flexibility index (Phi) is 13.3. The van der Waals surface area contributed by atoms with E-state index in [9.17, 15) is 37.9 Å². The van der Waals surface area contributed by atoms with Crippen LogP contribution >= 0.6 is 23.5 Å². The van der Waals surface area contributed by atoms with Gasteiger partial charge in [-0.2, -0.15) is 8.62 Å². The Balaban J connectivity index is 2.19. The molecule has 1 aromatic rings. The minimum Gasteiger partial charge on any atom is -0.372 e. The van der Waals surface area contributed by atoms with Gasteiger partial charge in [0.2, 0.25) is 5.91 Å². The number of nitrogens with one attached hydrogen (secondary N) is 2. The van der Waals surface area contributed by atoms with E-state index in [-0.39, 0.29) is 25.1 Å². The molecule has 1 fully saturated rings. The first-order valence-corrected chi connectivity index (χ1v) is 15.8. The lowest BCUT2D eigenvalue weighted by molar-refractivity contribution is -0.125. The number of aromatic nitrogens is 2. The fourth-order valence-corrected chi connectivity index (χ4v) is 6.17. The second-order valence-corrected chi connectivity index (χ2v) is 12.2. The maximum Gasteiger partial charge on any atom is 0.490 e. The van der Waals surface area contributed by atoms with E-state index in [0.717, 1.165) is 10.8 Å². The summed E-state index contributed by atoms with van der Waals surface area (Å²) >= 11 is 0. The summed E-state index contributed by atoms with van der Waals surface area (Å²) in [5.41, 5.74) is 6.46. The summed E-state index contributed by atoms with van der Waals surface area (Å²) in [7, 11) is -16.9. The average molecular weight is 662 g/mol. The molecule has 6 N–H and O–H groups in total. The van der Waals surface area contributed by atoms with Gasteiger partial charge in [0.25, 0.3) is 5.56 Å². The first kappa shape index (κ1) is 35.5. The van der Waals surface area contributed by atoms with E-state index in [1.54, 1.807) is 6.92 Å². The first-order chi connectivity index (χ1) is 19.6. The molecule has 2 rings (SSSR count). The highest BCUT2D eigenvalue weighted by atomic mass is 31.3. The van der Waals surface area contributed by atoms with Crippen molar-refractivity contribution in [3.63, 3.8) is 0 Å². The maximum atomic E-state index is 12.5. The van der Waals surface area contributed by atoms with E-state index < -0.39 is 72.4 Å². The molecule has 0 aromatic carbocycles. The average Bonchev–Trinajstić information content (AvgIpc) is 3.25. The van der Waals surface area contributed by atoms with Crippen LogP contribution in [0.2, 0.25) is 0 Å². The number of aromatic amines is 1. The zero-order valence-electron chi connectivity index (χ0n) is 21.4. The van der Waals surface area contributed by atoms with Crippen LogP contribution in [0.3, 0.4) is 0 Å². The first-order valence-electron chi connectivity index (χ1n) is 11.3. The van der Waals surface area contributed by atoms with Crippen molar-refractivity contribution in [1.82, 2.24) is 14.9 Å². The van der Waals surface area contributed by atoms with Crippen LogP contribution in [0.15, 0.2) is 20.9 Å². The van der Waals surface area contributed by atoms with Crippen LogP contribution in [-0.4, -0.2) is 80.3 Å². The topological polar surface area (TPSA) is 320 Å². The van der Waals surface area contributed by atoms with E-state index in [2.05, 4.69) is 40.3 Å². The number of carbonyl (C=O) groups excluding carboxylic acids is 1. The van der Waals surface area contributed by atoms with Crippen LogP contribution in [0.4, 0.5) is 0 Å². The number of nitrogens with zero attached hydrogens (tertiary/aromatic N) is 4. The second kappa shape index (κ2) is 15.7. The summed E-state index contributed by atoms with van der Waals surface area (Å²) in [6.45, 7) is 0.200. The molecular formula is C17H25N6O16P3. The monoisotopic (exact) mass is 662 g/mol. The van der Waals surface area contributed by atoms with Gasteiger partial charge < -0.3 is 39.1 Å². The predicted octanol–water partition coefficient (Wildman–Crippen LogP) is -0.675. The van der Waals surface area contributed by atoms with E-state index in [1.807, 2.05) is 4.98 Å². The van der Waals surface area contributed by atoms with Crippen molar-refractivity contribution in [3.05, 3.63) is 43.0 Å². The molecule has 22 nitrogen and oxygen atoms in total. The number of hydrogen-bond acceptors (Lipinski definition) is 13. The Morgan fingerprint density at radius 3 is 2.62 bits per heavy atom. The molecule has 0 bridgehead atoms. The third-order valence-corrected chi connectivity index (χ3v) is 8.52. The van der Waals surface area contributed by atoms with Crippen LogP contribution in [0.1, 0.15) is 25.1 Å². The van der Waals surface area contributed by atoms with Crippen LogP contribution in [0.5, 0.6) is 0 Å². The standard InChI is InChI=1S/C17H25N6O16P3/c1-2-34-9-14(24)19-5-3-4-11-7-23(17(26)21-16(11)25)15-6-12(35-10-20-22-18)13(37-15)8-36-41(30,31)39-42(32,33)38-40(27,28)29/h7,12-13,15H,2,5-6,8-10H2,1H3,(H,19,24)(H,30,31)(H,32,33)(H,21,25,26)(H2,27,28,29)/t12-,13-,15-/m1/s1. The summed E-state index contributed by atoms with van der Waals surface area (Å²) in [4.78, 5) is 77.0. The molecular weight excluding hydrogens is 637 g/mol. The molecule has 42 heavy (non-hydrogen) atoms. The van der Waals surface area contributed by atoms with Crippen molar-refractivity contribution >= 4 is 29.4 Å². The number of ether oxygens (including phenoxy) is 3. The molecule has 5 atom stereocenters. The number of amides is 1. The van der Waals surface area contributed by atoms with Gasteiger partial charge in [-0.05, 0) is 12.5 Å². The van der Waals surface area contributed by atoms with Crippen molar-refractivity contribution in [2.45, 2.75) is 31.8 Å². The van der Waals surface area contributed by atoms with Gasteiger partial charge in [0, 0.05) is 24.1 Å². The van der Waals surface area contributed by atoms with Crippen LogP contribution in [0.25, 0.3) is 10.4 Å². The highest BCUT2D eigenvalue weighted by molar-refractivity contribution is 7.66. The number of phosphoric ester groups is 1. The van der Waals surface area contributed by atoms with Gasteiger partial charge >= 0.3 is 29.2 Å². The molecule has 0 aliphatic carbocycles. The smallest absolute Gasteiger partial charge is 0.372 e. The molecule has 0 radical (unpaired) electrons. The minimum atomic E-state index is -5.78. The minimum absolute atomic E-state index is 0.150. The van der Waals surface area contributed by atoms with Gasteiger partial charge in [0.15, 0.2) is 0 Å². The molecule has 1 saturated heterocycles. The Morgan fingerprint density at radius 2 is 1.98 bits per heavy atom. The largest absolute Gasteiger partial charge is 0.490 e. The maximum absolute atomic E-state index is 12.5. The predicted molar refractivity (Wildman–Crippen MR) is 135 cm³/mol. The molecule has 0 spiro atoms. The fraction of sp³-hybridized carbons (Fsp3) is 0.588. The summed E-state index contributed by atoms with van der Waals surface area (Å²) in [6.07, 6.45) is -2.84. The number of rotatable bonds is 15. The summed E-state index contributed by atoms with van der Waals surface area (Å²) in [5.74, 6) is 4.57. The molecule has 2 unspecified atom stereocenters. The lowest BCUT2D eigenvalue weighted by Crippen LogP contribution is -2.34. The van der Waals surface area contributed by atoms with Gasteiger partial charge in [-0.15, -0.1) is 0 Å². The van der Waals surface area contributed by atoms with Crippen molar-refractivity contribution in [3.8, 4) is 11.8 Å². The highest BCUT2D eigenvalue weighted by Gasteiger charge is 2.43. The summed E-state index contributed by atoms with van der Waals surface area (Å²) < 4.78 is 63.0. The SMILES string of the molecule is CCOCC(=O)NCC#Cc1cn([C@H]2C[C@@H](OCN=[N+]=[N-])[C@@H](COP(=O)(O)OP(=O)(O)OP(=O)(O)O)O2)c(=O)[nH]c1=O. The number of carbonyl (C=O) groups is 1. The number of azide groups is 1. The normalized spacial score (nSPS) is 21.3. The van der Waals surface area contributed by atoms with Crippen molar-refractivity contribution < 1.29 is 65.4 Å². The molecule has 0 saturated carbocycles. The number of H-pyrrole nitrogens is 1. The van der Waals surface area contributed by atoms with E-state index in [1.165, 1.54) is 0 Å². The fourth-order valence-electron chi connectivity index (χ4n) is 3.14. The second-order valence-electron chi connectivity index (χ2n) is 7.74.